The third-order valence-electron chi connectivity index (χ3n) is 3.33. The molecule has 124 valence electrons. The monoisotopic (exact) mass is 317 g/mol. The topological polar surface area (TPSA) is 74.5 Å². The molecule has 7 nitrogen and oxygen atoms in total. The molecule has 1 N–H and O–H groups in total. The maximum absolute atomic E-state index is 11.9. The van der Waals surface area contributed by atoms with Crippen molar-refractivity contribution in [3.8, 4) is 11.4 Å². The predicted molar refractivity (Wildman–Crippen MR) is 89.6 cm³/mol. The molecule has 0 spiro atoms. The molecule has 0 saturated carbocycles. The number of nitrogens with one attached hydrogen (secondary N) is 1. The minimum atomic E-state index is -0.340. The van der Waals surface area contributed by atoms with Gasteiger partial charge < -0.3 is 19.6 Å². The molecule has 0 atom stereocenters. The largest absolute Gasteiger partial charge is 0.378 e. The van der Waals surface area contributed by atoms with E-state index in [0.29, 0.717) is 12.4 Å². The van der Waals surface area contributed by atoms with E-state index in [-0.39, 0.29) is 11.8 Å². The number of aromatic nitrogens is 2. The van der Waals surface area contributed by atoms with Crippen molar-refractivity contribution in [2.75, 3.05) is 46.2 Å². The van der Waals surface area contributed by atoms with Crippen LogP contribution in [0.1, 0.15) is 17.1 Å². The van der Waals surface area contributed by atoms with Crippen LogP contribution in [-0.4, -0.2) is 62.2 Å². The fourth-order valence-electron chi connectivity index (χ4n) is 2.01. The zero-order chi connectivity index (χ0) is 16.8. The Kier molecular flexibility index (Phi) is 5.70. The Morgan fingerprint density at radius 1 is 1.17 bits per heavy atom. The molecule has 0 aliphatic rings. The lowest BCUT2D eigenvalue weighted by atomic mass is 10.2. The highest BCUT2D eigenvalue weighted by atomic mass is 16.5. The predicted octanol–water partition coefficient (Wildman–Crippen LogP) is 1.48. The molecule has 7 heteroatoms. The quantitative estimate of drug-likeness (QED) is 0.780. The van der Waals surface area contributed by atoms with E-state index in [9.17, 15) is 4.79 Å². The van der Waals surface area contributed by atoms with Gasteiger partial charge in [0.1, 0.15) is 0 Å². The van der Waals surface area contributed by atoms with Crippen LogP contribution in [0.3, 0.4) is 0 Å². The van der Waals surface area contributed by atoms with E-state index in [0.717, 1.165) is 24.2 Å². The van der Waals surface area contributed by atoms with Crippen molar-refractivity contribution in [3.63, 3.8) is 0 Å². The Labute approximate surface area is 136 Å². The Morgan fingerprint density at radius 3 is 2.48 bits per heavy atom. The molecule has 0 fully saturated rings. The molecule has 1 aromatic heterocycles. The van der Waals surface area contributed by atoms with Crippen LogP contribution in [0.2, 0.25) is 0 Å². The minimum absolute atomic E-state index is 0.0125. The summed E-state index contributed by atoms with van der Waals surface area (Å²) in [4.78, 5) is 20.2. The Hall–Kier alpha value is -2.41. The van der Waals surface area contributed by atoms with E-state index in [1.54, 1.807) is 0 Å². The average molecular weight is 317 g/mol. The summed E-state index contributed by atoms with van der Waals surface area (Å²) in [5.41, 5.74) is 1.89. The van der Waals surface area contributed by atoms with Crippen LogP contribution in [0, 0.1) is 0 Å². The molecule has 1 amide bonds. The molecular formula is C16H23N5O2. The third-order valence-corrected chi connectivity index (χ3v) is 3.33. The van der Waals surface area contributed by atoms with Gasteiger partial charge >= 0.3 is 11.8 Å². The molecule has 0 saturated heterocycles. The highest BCUT2D eigenvalue weighted by Gasteiger charge is 2.15. The van der Waals surface area contributed by atoms with Crippen LogP contribution < -0.4 is 10.2 Å². The van der Waals surface area contributed by atoms with E-state index in [4.69, 9.17) is 4.52 Å². The normalized spacial score (nSPS) is 10.8. The Balaban J connectivity index is 1.95. The zero-order valence-corrected chi connectivity index (χ0v) is 14.0. The SMILES string of the molecule is CN(C)CCCNC(=O)c1nc(-c2ccc(N(C)C)cc2)no1. The molecule has 1 heterocycles. The molecule has 0 aliphatic heterocycles. The standard InChI is InChI=1S/C16H23N5O2/c1-20(2)11-5-10-17-15(22)16-18-14(19-23-16)12-6-8-13(9-7-12)21(3)4/h6-9H,5,10-11H2,1-4H3,(H,17,22). The van der Waals surface area contributed by atoms with Gasteiger partial charge in [-0.2, -0.15) is 4.98 Å². The number of nitrogens with zero attached hydrogens (tertiary/aromatic N) is 4. The number of carbonyl (C=O) groups is 1. The van der Waals surface area contributed by atoms with Crippen LogP contribution in [0.4, 0.5) is 5.69 Å². The van der Waals surface area contributed by atoms with Gasteiger partial charge in [-0.15, -0.1) is 0 Å². The van der Waals surface area contributed by atoms with Gasteiger partial charge in [-0.25, -0.2) is 0 Å². The minimum Gasteiger partial charge on any atom is -0.378 e. The summed E-state index contributed by atoms with van der Waals surface area (Å²) in [6.45, 7) is 1.49. The van der Waals surface area contributed by atoms with Gasteiger partial charge in [-0.05, 0) is 51.3 Å². The van der Waals surface area contributed by atoms with Crippen molar-refractivity contribution in [3.05, 3.63) is 30.2 Å². The number of hydrogen-bond acceptors (Lipinski definition) is 6. The van der Waals surface area contributed by atoms with Crippen LogP contribution in [-0.2, 0) is 0 Å². The van der Waals surface area contributed by atoms with E-state index in [2.05, 4.69) is 20.4 Å². The fraction of sp³-hybridized carbons (Fsp3) is 0.438. The zero-order valence-electron chi connectivity index (χ0n) is 14.0. The van der Waals surface area contributed by atoms with Crippen LogP contribution in [0.15, 0.2) is 28.8 Å². The number of carbonyl (C=O) groups excluding carboxylic acids is 1. The van der Waals surface area contributed by atoms with E-state index in [1.165, 1.54) is 0 Å². The van der Waals surface area contributed by atoms with Gasteiger partial charge in [0.2, 0.25) is 5.82 Å². The second kappa shape index (κ2) is 7.73. The number of benzene rings is 1. The van der Waals surface area contributed by atoms with Gasteiger partial charge in [-0.3, -0.25) is 4.79 Å². The van der Waals surface area contributed by atoms with Gasteiger partial charge in [0.05, 0.1) is 0 Å². The summed E-state index contributed by atoms with van der Waals surface area (Å²) in [6, 6.07) is 7.73. The molecule has 0 bridgehead atoms. The molecule has 23 heavy (non-hydrogen) atoms. The first-order valence-corrected chi connectivity index (χ1v) is 7.52. The summed E-state index contributed by atoms with van der Waals surface area (Å²) in [7, 11) is 7.94. The molecular weight excluding hydrogens is 294 g/mol. The van der Waals surface area contributed by atoms with E-state index < -0.39 is 0 Å². The molecule has 2 rings (SSSR count). The van der Waals surface area contributed by atoms with Crippen molar-refractivity contribution >= 4 is 11.6 Å². The number of amides is 1. The number of anilines is 1. The molecule has 1 aromatic carbocycles. The highest BCUT2D eigenvalue weighted by molar-refractivity contribution is 5.89. The van der Waals surface area contributed by atoms with Gasteiger partial charge in [0.15, 0.2) is 0 Å². The smallest absolute Gasteiger partial charge is 0.316 e. The average Bonchev–Trinajstić information content (AvgIpc) is 3.01. The highest BCUT2D eigenvalue weighted by Crippen LogP contribution is 2.19. The van der Waals surface area contributed by atoms with Crippen LogP contribution in [0.25, 0.3) is 11.4 Å². The summed E-state index contributed by atoms with van der Waals surface area (Å²) in [6.07, 6.45) is 0.867. The Bertz CT molecular complexity index is 634. The van der Waals surface area contributed by atoms with Crippen molar-refractivity contribution in [1.82, 2.24) is 20.4 Å². The van der Waals surface area contributed by atoms with Gasteiger partial charge in [-0.1, -0.05) is 5.16 Å². The van der Waals surface area contributed by atoms with Crippen LogP contribution in [0.5, 0.6) is 0 Å². The first-order chi connectivity index (χ1) is 11.0. The van der Waals surface area contributed by atoms with Crippen molar-refractivity contribution < 1.29 is 9.32 Å². The second-order valence-electron chi connectivity index (χ2n) is 5.78. The van der Waals surface area contributed by atoms with Gasteiger partial charge in [0, 0.05) is 31.9 Å². The lowest BCUT2D eigenvalue weighted by Crippen LogP contribution is -2.27. The lowest BCUT2D eigenvalue weighted by molar-refractivity contribution is 0.0908. The fourth-order valence-corrected chi connectivity index (χ4v) is 2.01. The van der Waals surface area contributed by atoms with E-state index >= 15 is 0 Å². The summed E-state index contributed by atoms with van der Waals surface area (Å²) >= 11 is 0. The second-order valence-corrected chi connectivity index (χ2v) is 5.78. The van der Waals surface area contributed by atoms with Gasteiger partial charge in [0.25, 0.3) is 0 Å². The lowest BCUT2D eigenvalue weighted by Gasteiger charge is -2.11. The van der Waals surface area contributed by atoms with Crippen LogP contribution >= 0.6 is 0 Å². The third kappa shape index (κ3) is 4.79. The van der Waals surface area contributed by atoms with Crippen molar-refractivity contribution in [1.29, 1.82) is 0 Å². The summed E-state index contributed by atoms with van der Waals surface area (Å²) in [5, 5.41) is 6.64. The first kappa shape index (κ1) is 17.0. The first-order valence-electron chi connectivity index (χ1n) is 7.52. The van der Waals surface area contributed by atoms with E-state index in [1.807, 2.05) is 57.4 Å². The summed E-state index contributed by atoms with van der Waals surface area (Å²) < 4.78 is 5.04. The molecule has 2 aromatic rings. The Morgan fingerprint density at radius 2 is 1.87 bits per heavy atom. The molecule has 0 aliphatic carbocycles. The maximum Gasteiger partial charge on any atom is 0.316 e. The molecule has 0 unspecified atom stereocenters. The number of rotatable bonds is 7. The molecule has 0 radical (unpaired) electrons. The number of hydrogen-bond donors (Lipinski definition) is 1. The van der Waals surface area contributed by atoms with Crippen molar-refractivity contribution in [2.24, 2.45) is 0 Å². The maximum atomic E-state index is 11.9. The van der Waals surface area contributed by atoms with Crippen molar-refractivity contribution in [2.45, 2.75) is 6.42 Å². The summed E-state index contributed by atoms with van der Waals surface area (Å²) in [5.74, 6) is 0.0581.